The molecule has 0 N–H and O–H groups in total. The van der Waals surface area contributed by atoms with Crippen LogP contribution in [0.2, 0.25) is 0 Å². The first-order valence-corrected chi connectivity index (χ1v) is 7.04. The normalized spacial score (nSPS) is 14.5. The van der Waals surface area contributed by atoms with Crippen molar-refractivity contribution in [3.63, 3.8) is 0 Å². The Hall–Kier alpha value is -1.20. The van der Waals surface area contributed by atoms with E-state index in [0.29, 0.717) is 6.42 Å². The van der Waals surface area contributed by atoms with E-state index in [1.165, 1.54) is 22.6 Å². The van der Waals surface area contributed by atoms with Gasteiger partial charge in [-0.05, 0) is 46.7 Å². The third kappa shape index (κ3) is 2.12. The fourth-order valence-electron chi connectivity index (χ4n) is 2.18. The van der Waals surface area contributed by atoms with Gasteiger partial charge >= 0.3 is 0 Å². The third-order valence-corrected chi connectivity index (χ3v) is 4.67. The van der Waals surface area contributed by atoms with Gasteiger partial charge in [-0.15, -0.1) is 0 Å². The van der Waals surface area contributed by atoms with Crippen molar-refractivity contribution in [3.8, 4) is 0 Å². The molecule has 17 heavy (non-hydrogen) atoms. The summed E-state index contributed by atoms with van der Waals surface area (Å²) in [5.74, 6) is -0.0884. The van der Waals surface area contributed by atoms with Crippen LogP contribution in [0.1, 0.15) is 22.3 Å². The molecule has 0 bridgehead atoms. The van der Waals surface area contributed by atoms with E-state index >= 15 is 0 Å². The van der Waals surface area contributed by atoms with Crippen LogP contribution < -0.4 is 5.30 Å². The van der Waals surface area contributed by atoms with Gasteiger partial charge in [0.2, 0.25) is 0 Å². The van der Waals surface area contributed by atoms with Crippen molar-refractivity contribution >= 4 is 13.9 Å². The molecular formula is C15H14FP. The van der Waals surface area contributed by atoms with Crippen LogP contribution >= 0.6 is 8.58 Å². The Labute approximate surface area is 103 Å². The molecule has 86 valence electrons. The van der Waals surface area contributed by atoms with Gasteiger partial charge in [0, 0.05) is 6.42 Å². The maximum absolute atomic E-state index is 13.7. The average Bonchev–Trinajstić information content (AvgIpc) is 2.26. The second-order valence-electron chi connectivity index (χ2n) is 4.62. The molecule has 0 fully saturated rings. The van der Waals surface area contributed by atoms with E-state index in [1.807, 2.05) is 19.1 Å². The van der Waals surface area contributed by atoms with Crippen LogP contribution in [0.4, 0.5) is 4.39 Å². The minimum absolute atomic E-state index is 0.0884. The van der Waals surface area contributed by atoms with Crippen LogP contribution in [0.25, 0.3) is 0 Å². The predicted molar refractivity (Wildman–Crippen MR) is 72.0 cm³/mol. The zero-order chi connectivity index (χ0) is 11.8. The highest BCUT2D eigenvalue weighted by molar-refractivity contribution is 7.49. The Kier molecular flexibility index (Phi) is 2.72. The lowest BCUT2D eigenvalue weighted by atomic mass is 10.0. The molecule has 0 nitrogen and oxygen atoms in total. The largest absolute Gasteiger partial charge is 0.207 e. The minimum atomic E-state index is -0.0884. The molecule has 0 amide bonds. The van der Waals surface area contributed by atoms with E-state index in [2.05, 4.69) is 18.2 Å². The lowest BCUT2D eigenvalue weighted by Gasteiger charge is -2.19. The average molecular weight is 244 g/mol. The van der Waals surface area contributed by atoms with Gasteiger partial charge in [0.25, 0.3) is 0 Å². The van der Waals surface area contributed by atoms with Crippen molar-refractivity contribution in [2.45, 2.75) is 19.5 Å². The number of aryl methyl sites for hydroxylation is 1. The van der Waals surface area contributed by atoms with Gasteiger partial charge in [0.15, 0.2) is 0 Å². The smallest absolute Gasteiger partial charge is 0.126 e. The van der Waals surface area contributed by atoms with Crippen molar-refractivity contribution in [2.75, 3.05) is 0 Å². The first-order valence-electron chi connectivity index (χ1n) is 5.83. The van der Waals surface area contributed by atoms with E-state index in [1.54, 1.807) is 6.07 Å². The van der Waals surface area contributed by atoms with Crippen molar-refractivity contribution in [1.82, 2.24) is 0 Å². The molecule has 0 aromatic heterocycles. The second kappa shape index (κ2) is 4.23. The number of rotatable bonds is 2. The maximum atomic E-state index is 13.7. The van der Waals surface area contributed by atoms with Gasteiger partial charge in [-0.25, -0.2) is 4.39 Å². The summed E-state index contributed by atoms with van der Waals surface area (Å²) >= 11 is 0. The Balaban J connectivity index is 1.88. The molecule has 1 aliphatic rings. The molecular weight excluding hydrogens is 230 g/mol. The molecule has 0 radical (unpaired) electrons. The van der Waals surface area contributed by atoms with Crippen LogP contribution in [0, 0.1) is 12.7 Å². The summed E-state index contributed by atoms with van der Waals surface area (Å²) in [5.41, 5.74) is 4.44. The second-order valence-corrected chi connectivity index (χ2v) is 5.86. The van der Waals surface area contributed by atoms with Crippen molar-refractivity contribution in [3.05, 3.63) is 64.5 Å². The SMILES string of the molecule is Cc1ccc(Cc2ccc3c(c2)CP3)c(F)c1. The molecule has 2 heteroatoms. The minimum Gasteiger partial charge on any atom is -0.207 e. The number of fused-ring (bicyclic) bond motifs is 1. The number of hydrogen-bond donors (Lipinski definition) is 0. The molecule has 3 rings (SSSR count). The van der Waals surface area contributed by atoms with Crippen LogP contribution in [0.5, 0.6) is 0 Å². The summed E-state index contributed by atoms with van der Waals surface area (Å²) in [6.07, 6.45) is 1.90. The van der Waals surface area contributed by atoms with Crippen LogP contribution in [0.3, 0.4) is 0 Å². The van der Waals surface area contributed by atoms with Crippen molar-refractivity contribution in [2.24, 2.45) is 0 Å². The molecule has 2 aromatic carbocycles. The van der Waals surface area contributed by atoms with Gasteiger partial charge in [0.05, 0.1) is 0 Å². The summed E-state index contributed by atoms with van der Waals surface area (Å²) in [7, 11) is 0.978. The first kappa shape index (κ1) is 10.9. The van der Waals surface area contributed by atoms with Crippen LogP contribution in [0.15, 0.2) is 36.4 Å². The number of hydrogen-bond acceptors (Lipinski definition) is 0. The van der Waals surface area contributed by atoms with Crippen molar-refractivity contribution in [1.29, 1.82) is 0 Å². The Morgan fingerprint density at radius 3 is 2.71 bits per heavy atom. The molecule has 1 atom stereocenters. The predicted octanol–water partition coefficient (Wildman–Crippen LogP) is 3.54. The summed E-state index contributed by atoms with van der Waals surface area (Å²) in [4.78, 5) is 0. The molecule has 1 heterocycles. The van der Waals surface area contributed by atoms with E-state index in [-0.39, 0.29) is 5.82 Å². The molecule has 1 aliphatic heterocycles. The van der Waals surface area contributed by atoms with Crippen LogP contribution in [-0.4, -0.2) is 0 Å². The first-order chi connectivity index (χ1) is 8.22. The standard InChI is InChI=1S/C15H14FP/c1-10-2-4-12(14(16)6-10)7-11-3-5-15-13(8-11)9-17-15/h2-6,8,17H,7,9H2,1H3. The lowest BCUT2D eigenvalue weighted by Crippen LogP contribution is -2.13. The van der Waals surface area contributed by atoms with E-state index in [0.717, 1.165) is 19.7 Å². The van der Waals surface area contributed by atoms with Gasteiger partial charge in [-0.1, -0.05) is 38.9 Å². The molecule has 0 aliphatic carbocycles. The number of halogens is 1. The zero-order valence-corrected chi connectivity index (χ0v) is 10.8. The summed E-state index contributed by atoms with van der Waals surface area (Å²) in [6, 6.07) is 12.0. The van der Waals surface area contributed by atoms with Gasteiger partial charge in [-0.3, -0.25) is 0 Å². The van der Waals surface area contributed by atoms with Gasteiger partial charge < -0.3 is 0 Å². The number of benzene rings is 2. The Bertz CT molecular complexity index is 575. The fourth-order valence-corrected chi connectivity index (χ4v) is 3.14. The van der Waals surface area contributed by atoms with E-state index in [4.69, 9.17) is 0 Å². The quantitative estimate of drug-likeness (QED) is 0.709. The highest BCUT2D eigenvalue weighted by atomic mass is 31.1. The monoisotopic (exact) mass is 244 g/mol. The Morgan fingerprint density at radius 1 is 1.18 bits per heavy atom. The van der Waals surface area contributed by atoms with E-state index in [9.17, 15) is 4.39 Å². The van der Waals surface area contributed by atoms with E-state index < -0.39 is 0 Å². The highest BCUT2D eigenvalue weighted by Gasteiger charge is 2.13. The van der Waals surface area contributed by atoms with Gasteiger partial charge in [-0.2, -0.15) is 0 Å². The molecule has 2 aromatic rings. The molecule has 0 saturated heterocycles. The molecule has 0 saturated carbocycles. The summed E-state index contributed by atoms with van der Waals surface area (Å²) < 4.78 is 13.7. The van der Waals surface area contributed by atoms with Crippen molar-refractivity contribution < 1.29 is 4.39 Å². The maximum Gasteiger partial charge on any atom is 0.126 e. The topological polar surface area (TPSA) is 0 Å². The highest BCUT2D eigenvalue weighted by Crippen LogP contribution is 2.31. The van der Waals surface area contributed by atoms with Gasteiger partial charge in [0.1, 0.15) is 5.82 Å². The molecule has 1 unspecified atom stereocenters. The zero-order valence-electron chi connectivity index (χ0n) is 9.76. The Morgan fingerprint density at radius 2 is 2.06 bits per heavy atom. The summed E-state index contributed by atoms with van der Waals surface area (Å²) in [5, 5.41) is 1.48. The molecule has 0 spiro atoms. The summed E-state index contributed by atoms with van der Waals surface area (Å²) in [6.45, 7) is 1.92. The lowest BCUT2D eigenvalue weighted by molar-refractivity contribution is 0.613. The third-order valence-electron chi connectivity index (χ3n) is 3.24. The fraction of sp³-hybridized carbons (Fsp3) is 0.200. The van der Waals surface area contributed by atoms with Crippen LogP contribution in [-0.2, 0) is 12.6 Å².